The third-order valence-electron chi connectivity index (χ3n) is 5.16. The van der Waals surface area contributed by atoms with Crippen LogP contribution in [-0.4, -0.2) is 42.9 Å². The number of nitrogens with zero attached hydrogens (tertiary/aromatic N) is 5. The van der Waals surface area contributed by atoms with Crippen molar-refractivity contribution < 1.29 is 9.21 Å². The molecule has 3 rings (SSSR count). The molecule has 3 N–H and O–H groups in total. The lowest BCUT2D eigenvalue weighted by atomic mass is 10.2. The van der Waals surface area contributed by atoms with Crippen LogP contribution in [-0.2, 0) is 11.3 Å². The number of H-pyrrole nitrogens is 1. The van der Waals surface area contributed by atoms with Crippen molar-refractivity contribution in [2.45, 2.75) is 57.7 Å². The van der Waals surface area contributed by atoms with E-state index in [-0.39, 0.29) is 28.4 Å². The molecule has 0 saturated carbocycles. The van der Waals surface area contributed by atoms with Gasteiger partial charge in [-0.15, -0.1) is 10.2 Å². The molecule has 3 aromatic rings. The third-order valence-corrected chi connectivity index (χ3v) is 5.96. The summed E-state index contributed by atoms with van der Waals surface area (Å²) in [7, 11) is 0. The second kappa shape index (κ2) is 12.2. The van der Waals surface area contributed by atoms with Crippen molar-refractivity contribution in [2.24, 2.45) is 0 Å². The summed E-state index contributed by atoms with van der Waals surface area (Å²) in [4.78, 5) is 45.8. The number of nitrogen functional groups attached to an aromatic ring is 1. The number of hydrogen-bond acceptors (Lipinski definition) is 9. The Morgan fingerprint density at radius 3 is 2.59 bits per heavy atom. The minimum atomic E-state index is -0.678. The third kappa shape index (κ3) is 6.13. The van der Waals surface area contributed by atoms with E-state index in [9.17, 15) is 14.4 Å². The highest BCUT2D eigenvalue weighted by atomic mass is 32.2. The quantitative estimate of drug-likeness (QED) is 0.290. The molecule has 0 unspecified atom stereocenters. The van der Waals surface area contributed by atoms with Gasteiger partial charge in [0.2, 0.25) is 11.8 Å². The first-order chi connectivity index (χ1) is 16.5. The highest BCUT2D eigenvalue weighted by Gasteiger charge is 2.24. The number of nitrogens with two attached hydrogens (primary N) is 1. The zero-order valence-corrected chi connectivity index (χ0v) is 20.1. The van der Waals surface area contributed by atoms with E-state index in [0.29, 0.717) is 31.8 Å². The van der Waals surface area contributed by atoms with Crippen molar-refractivity contribution in [2.75, 3.05) is 22.9 Å². The number of pyridine rings is 1. The van der Waals surface area contributed by atoms with Gasteiger partial charge in [0, 0.05) is 31.0 Å². The van der Waals surface area contributed by atoms with Gasteiger partial charge in [0.15, 0.2) is 5.69 Å². The number of anilines is 2. The summed E-state index contributed by atoms with van der Waals surface area (Å²) in [6, 6.07) is 3.48. The average molecular weight is 488 g/mol. The molecule has 0 aromatic carbocycles. The Morgan fingerprint density at radius 1 is 1.15 bits per heavy atom. The van der Waals surface area contributed by atoms with E-state index in [1.807, 2.05) is 13.8 Å². The summed E-state index contributed by atoms with van der Waals surface area (Å²) in [5.74, 6) is -0.0739. The lowest BCUT2D eigenvalue weighted by Crippen LogP contribution is -2.42. The number of rotatable bonds is 12. The van der Waals surface area contributed by atoms with E-state index >= 15 is 0 Å². The van der Waals surface area contributed by atoms with Gasteiger partial charge >= 0.3 is 5.69 Å². The highest BCUT2D eigenvalue weighted by molar-refractivity contribution is 7.99. The number of carbonyl (C=O) groups is 1. The number of unbranched alkanes of at least 4 members (excludes halogenated alkanes) is 3. The van der Waals surface area contributed by atoms with Crippen molar-refractivity contribution in [3.63, 3.8) is 0 Å². The molecule has 0 aliphatic carbocycles. The van der Waals surface area contributed by atoms with Gasteiger partial charge in [-0.3, -0.25) is 24.1 Å². The largest absolute Gasteiger partial charge is 0.411 e. The molecule has 0 aliphatic heterocycles. The molecule has 0 radical (unpaired) electrons. The van der Waals surface area contributed by atoms with Crippen LogP contribution in [0.25, 0.3) is 11.5 Å². The molecule has 11 nitrogen and oxygen atoms in total. The Labute approximate surface area is 200 Å². The van der Waals surface area contributed by atoms with Gasteiger partial charge in [-0.25, -0.2) is 4.79 Å². The lowest BCUT2D eigenvalue weighted by molar-refractivity contribution is -0.116. The van der Waals surface area contributed by atoms with Gasteiger partial charge in [0.1, 0.15) is 5.82 Å². The van der Waals surface area contributed by atoms with Crippen molar-refractivity contribution in [1.29, 1.82) is 0 Å². The van der Waals surface area contributed by atoms with Crippen LogP contribution in [0.5, 0.6) is 0 Å². The number of nitrogens with one attached hydrogen (secondary N) is 1. The first-order valence-corrected chi connectivity index (χ1v) is 12.2. The Bertz CT molecular complexity index is 1210. The smallest absolute Gasteiger partial charge is 0.330 e. The number of aromatic nitrogens is 5. The number of aromatic amines is 1. The first kappa shape index (κ1) is 25.2. The average Bonchev–Trinajstić information content (AvgIpc) is 3.31. The molecule has 3 heterocycles. The molecule has 0 atom stereocenters. The maximum atomic E-state index is 13.2. The van der Waals surface area contributed by atoms with Crippen LogP contribution < -0.4 is 21.9 Å². The minimum absolute atomic E-state index is 0.000379. The van der Waals surface area contributed by atoms with Crippen molar-refractivity contribution in [3.8, 4) is 11.5 Å². The fourth-order valence-electron chi connectivity index (χ4n) is 3.34. The number of carbonyl (C=O) groups excluding carboxylic acids is 1. The molecule has 0 fully saturated rings. The van der Waals surface area contributed by atoms with E-state index in [1.165, 1.54) is 9.47 Å². The number of thioether (sulfide) groups is 1. The van der Waals surface area contributed by atoms with E-state index in [0.717, 1.165) is 36.6 Å². The standard InChI is InChI=1S/C22H29N7O4S/c1-3-5-7-13-28(17-18(23)29(12-6-4-2)21(32)25-19(17)31)16(30)14-34-22-27-26-20(33-22)15-8-10-24-11-9-15/h8-11H,3-7,12-14,23H2,1-2H3,(H,25,31,32). The van der Waals surface area contributed by atoms with Crippen molar-refractivity contribution in [1.82, 2.24) is 24.7 Å². The fraction of sp³-hybridized carbons (Fsp3) is 0.455. The first-order valence-electron chi connectivity index (χ1n) is 11.3. The molecule has 3 aromatic heterocycles. The summed E-state index contributed by atoms with van der Waals surface area (Å²) >= 11 is 1.07. The summed E-state index contributed by atoms with van der Waals surface area (Å²) in [5, 5.41) is 8.21. The summed E-state index contributed by atoms with van der Waals surface area (Å²) in [5.41, 5.74) is 5.70. The molecule has 0 aliphatic rings. The summed E-state index contributed by atoms with van der Waals surface area (Å²) < 4.78 is 6.95. The molecule has 182 valence electrons. The molecule has 34 heavy (non-hydrogen) atoms. The van der Waals surface area contributed by atoms with Crippen LogP contribution in [0.4, 0.5) is 11.5 Å². The van der Waals surface area contributed by atoms with Crippen molar-refractivity contribution in [3.05, 3.63) is 45.4 Å². The van der Waals surface area contributed by atoms with Crippen LogP contribution in [0, 0.1) is 0 Å². The van der Waals surface area contributed by atoms with Crippen molar-refractivity contribution >= 4 is 29.2 Å². The van der Waals surface area contributed by atoms with Gasteiger partial charge < -0.3 is 15.1 Å². The molecule has 1 amide bonds. The minimum Gasteiger partial charge on any atom is -0.411 e. The lowest BCUT2D eigenvalue weighted by Gasteiger charge is -2.24. The fourth-order valence-corrected chi connectivity index (χ4v) is 3.98. The van der Waals surface area contributed by atoms with Gasteiger partial charge in [-0.2, -0.15) is 0 Å². The van der Waals surface area contributed by atoms with Gasteiger partial charge in [-0.05, 0) is 25.0 Å². The zero-order chi connectivity index (χ0) is 24.5. The molecule has 0 spiro atoms. The summed E-state index contributed by atoms with van der Waals surface area (Å²) in [6.07, 6.45) is 7.31. The Hall–Kier alpha value is -3.41. The predicted octanol–water partition coefficient (Wildman–Crippen LogP) is 2.68. The normalized spacial score (nSPS) is 11.0. The molecule has 0 bridgehead atoms. The number of amides is 1. The van der Waals surface area contributed by atoms with E-state index in [1.54, 1.807) is 24.5 Å². The van der Waals surface area contributed by atoms with Crippen LogP contribution in [0.2, 0.25) is 0 Å². The molecule has 0 saturated heterocycles. The maximum Gasteiger partial charge on any atom is 0.330 e. The topological polar surface area (TPSA) is 153 Å². The van der Waals surface area contributed by atoms with E-state index in [4.69, 9.17) is 10.2 Å². The van der Waals surface area contributed by atoms with Crippen LogP contribution in [0.15, 0.2) is 43.8 Å². The Morgan fingerprint density at radius 2 is 1.88 bits per heavy atom. The van der Waals surface area contributed by atoms with Gasteiger partial charge in [0.25, 0.3) is 10.8 Å². The summed E-state index contributed by atoms with van der Waals surface area (Å²) in [6.45, 7) is 4.70. The monoisotopic (exact) mass is 487 g/mol. The Kier molecular flexibility index (Phi) is 9.02. The molecular weight excluding hydrogens is 458 g/mol. The van der Waals surface area contributed by atoms with E-state index < -0.39 is 11.2 Å². The molecular formula is C22H29N7O4S. The van der Waals surface area contributed by atoms with E-state index in [2.05, 4.69) is 20.2 Å². The predicted molar refractivity (Wildman–Crippen MR) is 131 cm³/mol. The second-order valence-electron chi connectivity index (χ2n) is 7.65. The highest BCUT2D eigenvalue weighted by Crippen LogP contribution is 2.24. The van der Waals surface area contributed by atoms with Gasteiger partial charge in [-0.1, -0.05) is 44.9 Å². The van der Waals surface area contributed by atoms with Crippen LogP contribution >= 0.6 is 11.8 Å². The van der Waals surface area contributed by atoms with Crippen LogP contribution in [0.1, 0.15) is 46.0 Å². The zero-order valence-electron chi connectivity index (χ0n) is 19.3. The molecule has 12 heteroatoms. The number of hydrogen-bond donors (Lipinski definition) is 2. The second-order valence-corrected chi connectivity index (χ2v) is 8.58. The maximum absolute atomic E-state index is 13.2. The van der Waals surface area contributed by atoms with Gasteiger partial charge in [0.05, 0.1) is 5.75 Å². The SMILES string of the molecule is CCCCCN(C(=O)CSc1nnc(-c2ccncc2)o1)c1c(N)n(CCCC)c(=O)[nH]c1=O. The van der Waals surface area contributed by atoms with Crippen LogP contribution in [0.3, 0.4) is 0 Å². The Balaban J connectivity index is 1.82.